The Hall–Kier alpha value is -2.83. The Kier molecular flexibility index (Phi) is 7.01. The molecule has 0 aliphatic carbocycles. The van der Waals surface area contributed by atoms with E-state index in [1.807, 2.05) is 58.0 Å². The Balaban J connectivity index is 1.86. The predicted molar refractivity (Wildman–Crippen MR) is 142 cm³/mol. The molecular formula is C28H34N4OS. The zero-order valence-electron chi connectivity index (χ0n) is 20.9. The lowest BCUT2D eigenvalue weighted by Crippen LogP contribution is -2.36. The van der Waals surface area contributed by atoms with Crippen molar-refractivity contribution < 1.29 is 4.21 Å². The molecule has 0 spiro atoms. The number of aromatic nitrogens is 3. The van der Waals surface area contributed by atoms with Crippen molar-refractivity contribution >= 4 is 21.9 Å². The van der Waals surface area contributed by atoms with E-state index in [2.05, 4.69) is 59.6 Å². The highest BCUT2D eigenvalue weighted by atomic mass is 32.2. The van der Waals surface area contributed by atoms with E-state index in [0.29, 0.717) is 6.42 Å². The lowest BCUT2D eigenvalue weighted by molar-refractivity contribution is 0.552. The molecule has 2 heterocycles. The van der Waals surface area contributed by atoms with Crippen LogP contribution in [0.25, 0.3) is 22.2 Å². The summed E-state index contributed by atoms with van der Waals surface area (Å²) in [4.78, 5) is 4.73. The summed E-state index contributed by atoms with van der Waals surface area (Å²) in [5.74, 6) is 0. The van der Waals surface area contributed by atoms with Gasteiger partial charge in [0.1, 0.15) is 5.69 Å². The lowest BCUT2D eigenvalue weighted by atomic mass is 9.94. The van der Waals surface area contributed by atoms with Crippen molar-refractivity contribution in [2.24, 2.45) is 0 Å². The third kappa shape index (κ3) is 5.13. The van der Waals surface area contributed by atoms with Crippen LogP contribution in [0.5, 0.6) is 0 Å². The monoisotopic (exact) mass is 474 g/mol. The van der Waals surface area contributed by atoms with Crippen LogP contribution in [0.2, 0.25) is 0 Å². The third-order valence-electron chi connectivity index (χ3n) is 5.86. The van der Waals surface area contributed by atoms with Crippen molar-refractivity contribution in [2.45, 2.75) is 64.8 Å². The molecule has 5 nitrogen and oxygen atoms in total. The first kappa shape index (κ1) is 24.3. The molecule has 2 aromatic heterocycles. The Labute approximate surface area is 205 Å². The molecule has 0 amide bonds. The van der Waals surface area contributed by atoms with E-state index in [9.17, 15) is 4.21 Å². The maximum absolute atomic E-state index is 13.2. The van der Waals surface area contributed by atoms with Crippen LogP contribution in [0, 0.1) is 6.92 Å². The molecule has 4 aromatic rings. The van der Waals surface area contributed by atoms with Crippen LogP contribution in [-0.2, 0) is 17.4 Å². The summed E-state index contributed by atoms with van der Waals surface area (Å²) in [7, 11) is -1.24. The Morgan fingerprint density at radius 3 is 2.38 bits per heavy atom. The third-order valence-corrected chi connectivity index (χ3v) is 7.47. The quantitative estimate of drug-likeness (QED) is 0.341. The minimum Gasteiger partial charge on any atom is -0.262 e. The van der Waals surface area contributed by atoms with Gasteiger partial charge in [-0.1, -0.05) is 48.5 Å². The van der Waals surface area contributed by atoms with E-state index < -0.39 is 11.0 Å². The average molecular weight is 475 g/mol. The molecule has 34 heavy (non-hydrogen) atoms. The maximum Gasteiger partial charge on any atom is 0.100 e. The lowest BCUT2D eigenvalue weighted by Gasteiger charge is -2.26. The fourth-order valence-electron chi connectivity index (χ4n) is 4.14. The Morgan fingerprint density at radius 2 is 1.68 bits per heavy atom. The second-order valence-electron chi connectivity index (χ2n) is 10.0. The largest absolute Gasteiger partial charge is 0.262 e. The number of hydrogen-bond donors (Lipinski definition) is 1. The van der Waals surface area contributed by atoms with Gasteiger partial charge in [-0.3, -0.25) is 9.67 Å². The number of nitrogens with zero attached hydrogens (tertiary/aromatic N) is 3. The van der Waals surface area contributed by atoms with Gasteiger partial charge in [0.05, 0.1) is 27.3 Å². The zero-order valence-corrected chi connectivity index (χ0v) is 21.7. The molecule has 178 valence electrons. The molecule has 0 saturated carbocycles. The van der Waals surface area contributed by atoms with Gasteiger partial charge >= 0.3 is 0 Å². The highest BCUT2D eigenvalue weighted by Gasteiger charge is 2.27. The molecule has 0 bridgehead atoms. The van der Waals surface area contributed by atoms with E-state index in [-0.39, 0.29) is 16.8 Å². The SMILES string of the molecule is Cc1cccc(CC(NS(=O)C(C)(C)C)c2ccccc2-c2nn(C(C)C)c3ccccc23)n1. The van der Waals surface area contributed by atoms with Gasteiger partial charge < -0.3 is 0 Å². The molecule has 0 aliphatic rings. The number of aryl methyl sites for hydroxylation is 1. The van der Waals surface area contributed by atoms with Crippen LogP contribution in [-0.4, -0.2) is 23.7 Å². The van der Waals surface area contributed by atoms with Crippen LogP contribution in [0.3, 0.4) is 0 Å². The molecule has 4 rings (SSSR count). The first-order valence-electron chi connectivity index (χ1n) is 11.8. The van der Waals surface area contributed by atoms with Crippen molar-refractivity contribution in [3.8, 4) is 11.3 Å². The normalized spacial score (nSPS) is 14.0. The minimum atomic E-state index is -1.24. The number of benzene rings is 2. The first-order chi connectivity index (χ1) is 16.1. The molecule has 0 fully saturated rings. The predicted octanol–water partition coefficient (Wildman–Crippen LogP) is 6.32. The highest BCUT2D eigenvalue weighted by molar-refractivity contribution is 7.84. The summed E-state index contributed by atoms with van der Waals surface area (Å²) in [5.41, 5.74) is 6.13. The van der Waals surface area contributed by atoms with Crippen molar-refractivity contribution in [2.75, 3.05) is 0 Å². The van der Waals surface area contributed by atoms with Gasteiger partial charge in [0, 0.05) is 34.8 Å². The number of hydrogen-bond acceptors (Lipinski definition) is 3. The molecular weight excluding hydrogens is 440 g/mol. The van der Waals surface area contributed by atoms with Gasteiger partial charge in [-0.2, -0.15) is 5.10 Å². The van der Waals surface area contributed by atoms with E-state index in [1.54, 1.807) is 0 Å². The van der Waals surface area contributed by atoms with Crippen LogP contribution in [0.1, 0.15) is 63.7 Å². The second-order valence-corrected chi connectivity index (χ2v) is 12.0. The van der Waals surface area contributed by atoms with Gasteiger partial charge in [0.15, 0.2) is 0 Å². The summed E-state index contributed by atoms with van der Waals surface area (Å²) in [6, 6.07) is 22.8. The molecule has 6 heteroatoms. The Morgan fingerprint density at radius 1 is 0.971 bits per heavy atom. The number of rotatable bonds is 7. The summed E-state index contributed by atoms with van der Waals surface area (Å²) in [6.45, 7) is 12.3. The topological polar surface area (TPSA) is 59.8 Å². The molecule has 1 N–H and O–H groups in total. The molecule has 2 aromatic carbocycles. The fourth-order valence-corrected chi connectivity index (χ4v) is 4.96. The van der Waals surface area contributed by atoms with E-state index >= 15 is 0 Å². The van der Waals surface area contributed by atoms with Crippen molar-refractivity contribution in [3.05, 3.63) is 83.7 Å². The summed E-state index contributed by atoms with van der Waals surface area (Å²) in [6.07, 6.45) is 0.628. The second kappa shape index (κ2) is 9.80. The number of fused-ring (bicyclic) bond motifs is 1. The zero-order chi connectivity index (χ0) is 24.5. The number of nitrogens with one attached hydrogen (secondary N) is 1. The van der Waals surface area contributed by atoms with Gasteiger partial charge in [0.2, 0.25) is 0 Å². The van der Waals surface area contributed by atoms with Crippen LogP contribution in [0.15, 0.2) is 66.7 Å². The first-order valence-corrected chi connectivity index (χ1v) is 13.0. The molecule has 0 saturated heterocycles. The summed E-state index contributed by atoms with van der Waals surface area (Å²) in [5, 5.41) is 6.17. The Bertz CT molecular complexity index is 1320. The fraction of sp³-hybridized carbons (Fsp3) is 0.357. The van der Waals surface area contributed by atoms with E-state index in [1.165, 1.54) is 0 Å². The van der Waals surface area contributed by atoms with Gasteiger partial charge in [0.25, 0.3) is 0 Å². The average Bonchev–Trinajstić information content (AvgIpc) is 3.18. The molecule has 2 unspecified atom stereocenters. The van der Waals surface area contributed by atoms with Crippen molar-refractivity contribution in [1.82, 2.24) is 19.5 Å². The van der Waals surface area contributed by atoms with Gasteiger partial charge in [-0.05, 0) is 65.3 Å². The van der Waals surface area contributed by atoms with E-state index in [0.717, 1.165) is 39.1 Å². The summed E-state index contributed by atoms with van der Waals surface area (Å²) >= 11 is 0. The molecule has 0 radical (unpaired) electrons. The van der Waals surface area contributed by atoms with Gasteiger partial charge in [-0.25, -0.2) is 8.93 Å². The number of para-hydroxylation sites is 1. The van der Waals surface area contributed by atoms with Crippen LogP contribution in [0.4, 0.5) is 0 Å². The van der Waals surface area contributed by atoms with Crippen LogP contribution < -0.4 is 4.72 Å². The standard InChI is InChI=1S/C28H34N4OS/c1-19(2)32-26-17-10-9-16-24(26)27(30-32)23-15-8-7-14-22(23)25(31-34(33)28(4,5)6)18-21-13-11-12-20(3)29-21/h7-17,19,25,31H,18H2,1-6H3. The van der Waals surface area contributed by atoms with Gasteiger partial charge in [-0.15, -0.1) is 0 Å². The minimum absolute atomic E-state index is 0.187. The molecule has 0 aliphatic heterocycles. The van der Waals surface area contributed by atoms with Crippen LogP contribution >= 0.6 is 0 Å². The molecule has 2 atom stereocenters. The maximum atomic E-state index is 13.2. The smallest absolute Gasteiger partial charge is 0.100 e. The van der Waals surface area contributed by atoms with E-state index in [4.69, 9.17) is 10.1 Å². The van der Waals surface area contributed by atoms with Crippen molar-refractivity contribution in [1.29, 1.82) is 0 Å². The number of pyridine rings is 1. The van der Waals surface area contributed by atoms with Crippen molar-refractivity contribution in [3.63, 3.8) is 0 Å². The highest BCUT2D eigenvalue weighted by Crippen LogP contribution is 2.35. The summed E-state index contributed by atoms with van der Waals surface area (Å²) < 4.78 is 18.3.